The molecule has 36 valence electrons. The van der Waals surface area contributed by atoms with Gasteiger partial charge in [-0.25, -0.2) is 0 Å². The van der Waals surface area contributed by atoms with E-state index in [0.717, 1.165) is 0 Å². The Morgan fingerprint density at radius 1 is 0.833 bits per heavy atom. The molecule has 6 heteroatoms. The van der Waals surface area contributed by atoms with Crippen LogP contribution in [0.15, 0.2) is 0 Å². The van der Waals surface area contributed by atoms with Crippen LogP contribution in [-0.2, 0) is 93.3 Å². The molecule has 0 fully saturated rings. The van der Waals surface area contributed by atoms with Crippen LogP contribution in [0.2, 0.25) is 0 Å². The Hall–Kier alpha value is 2.90. The first-order chi connectivity index (χ1) is 0. The second-order valence-electron chi connectivity index (χ2n) is 0. The largest absolute Gasteiger partial charge is 0.412 e. The number of hydrogen-bond acceptors (Lipinski definition) is 0. The monoisotopic (exact) mass is 276 g/mol. The van der Waals surface area contributed by atoms with Crippen LogP contribution >= 0.6 is 0 Å². The van der Waals surface area contributed by atoms with E-state index >= 15 is 0 Å². The predicted octanol–water partition coefficient (Wildman–Crippen LogP) is -0.837. The maximum Gasteiger partial charge on any atom is 0 e. The molecule has 0 saturated heterocycles. The molecule has 0 rings (SSSR count). The van der Waals surface area contributed by atoms with Crippen molar-refractivity contribution in [3.05, 3.63) is 0 Å². The van der Waals surface area contributed by atoms with Crippen LogP contribution in [0.5, 0.6) is 0 Å². The van der Waals surface area contributed by atoms with Crippen molar-refractivity contribution >= 4 is 0 Å². The van der Waals surface area contributed by atoms with Gasteiger partial charge >= 0.3 is 0 Å². The smallest absolute Gasteiger partial charge is 0 e. The summed E-state index contributed by atoms with van der Waals surface area (Å²) in [5, 5.41) is 0. The summed E-state index contributed by atoms with van der Waals surface area (Å²) in [4.78, 5) is 0. The van der Waals surface area contributed by atoms with Gasteiger partial charge in [-0.05, 0) is 0 Å². The average molecular weight is 276 g/mol. The fourth-order valence-electron chi connectivity index (χ4n) is 0. The van der Waals surface area contributed by atoms with E-state index in [1.165, 1.54) is 0 Å². The van der Waals surface area contributed by atoms with E-state index in [-0.39, 0.29) is 98.7 Å². The molecule has 0 atom stereocenters. The Morgan fingerprint density at radius 3 is 0.833 bits per heavy atom. The summed E-state index contributed by atoms with van der Waals surface area (Å²) in [6.07, 6.45) is 0. The summed E-state index contributed by atoms with van der Waals surface area (Å²) in [5.74, 6) is 0. The van der Waals surface area contributed by atoms with E-state index in [1.54, 1.807) is 0 Å². The maximum absolute atomic E-state index is 0. The Balaban J connectivity index is 0. The molecular formula is H2CrFeOTiV2. The van der Waals surface area contributed by atoms with Crippen molar-refractivity contribution in [1.29, 1.82) is 0 Å². The predicted molar refractivity (Wildman–Crippen MR) is 3.61 cm³/mol. The van der Waals surface area contributed by atoms with Crippen LogP contribution in [0.4, 0.5) is 0 Å². The minimum atomic E-state index is 0. The molecule has 2 radical (unpaired) electrons. The van der Waals surface area contributed by atoms with E-state index in [0.29, 0.717) is 0 Å². The molecule has 0 heterocycles. The number of rotatable bonds is 0. The molecule has 1 nitrogen and oxygen atoms in total. The molecule has 0 unspecified atom stereocenters. The normalized spacial score (nSPS) is 0. The van der Waals surface area contributed by atoms with E-state index in [1.807, 2.05) is 0 Å². The van der Waals surface area contributed by atoms with Gasteiger partial charge in [0.2, 0.25) is 0 Å². The third-order valence-electron chi connectivity index (χ3n) is 0. The fourth-order valence-corrected chi connectivity index (χ4v) is 0. The van der Waals surface area contributed by atoms with E-state index in [2.05, 4.69) is 0 Å². The topological polar surface area (TPSA) is 31.5 Å². The van der Waals surface area contributed by atoms with Crippen molar-refractivity contribution in [3.8, 4) is 0 Å². The van der Waals surface area contributed by atoms with Gasteiger partial charge in [0, 0.05) is 93.3 Å². The van der Waals surface area contributed by atoms with Crippen LogP contribution in [0.25, 0.3) is 0 Å². The van der Waals surface area contributed by atoms with Crippen molar-refractivity contribution in [1.82, 2.24) is 0 Å². The quantitative estimate of drug-likeness (QED) is 0.517. The fraction of sp³-hybridized carbons (Fsp3) is 0. The second kappa shape index (κ2) is 44.8. The van der Waals surface area contributed by atoms with Gasteiger partial charge in [0.05, 0.1) is 0 Å². The van der Waals surface area contributed by atoms with Gasteiger partial charge in [-0.3, -0.25) is 0 Å². The molecule has 0 aromatic heterocycles. The maximum atomic E-state index is 0. The number of hydrogen-bond donors (Lipinski definition) is 0. The van der Waals surface area contributed by atoms with Gasteiger partial charge in [0.1, 0.15) is 0 Å². The van der Waals surface area contributed by atoms with Crippen molar-refractivity contribution in [2.24, 2.45) is 0 Å². The van der Waals surface area contributed by atoms with Gasteiger partial charge in [-0.1, -0.05) is 0 Å². The molecule has 0 bridgehead atoms. The standard InChI is InChI=1S/Cr.Fe.H2O.Ti.2V/h;;1H2;;;. The van der Waals surface area contributed by atoms with Crippen molar-refractivity contribution < 1.29 is 98.7 Å². The van der Waals surface area contributed by atoms with E-state index < -0.39 is 0 Å². The molecule has 0 aliphatic rings. The van der Waals surface area contributed by atoms with Crippen LogP contribution in [-0.4, -0.2) is 5.48 Å². The van der Waals surface area contributed by atoms with Crippen LogP contribution < -0.4 is 0 Å². The summed E-state index contributed by atoms with van der Waals surface area (Å²) in [6.45, 7) is 0. The molecule has 0 aliphatic carbocycles. The Kier molecular flexibility index (Phi) is 494. The SMILES string of the molecule is O.[Cr].[Fe].[Ti].[V].[V]. The zero-order valence-corrected chi connectivity index (χ0v) is 9.39. The molecule has 0 aromatic rings. The van der Waals surface area contributed by atoms with Crippen LogP contribution in [0, 0.1) is 0 Å². The third-order valence-corrected chi connectivity index (χ3v) is 0. The molecule has 0 aromatic carbocycles. The minimum absolute atomic E-state index is 0. The van der Waals surface area contributed by atoms with Gasteiger partial charge in [0.25, 0.3) is 0 Å². The van der Waals surface area contributed by atoms with Crippen molar-refractivity contribution in [2.75, 3.05) is 0 Å². The molecule has 6 heavy (non-hydrogen) atoms. The van der Waals surface area contributed by atoms with E-state index in [9.17, 15) is 0 Å². The minimum Gasteiger partial charge on any atom is -0.412 e. The van der Waals surface area contributed by atoms with Gasteiger partial charge < -0.3 is 5.48 Å². The Labute approximate surface area is 97.3 Å². The van der Waals surface area contributed by atoms with Crippen molar-refractivity contribution in [2.45, 2.75) is 0 Å². The molecule has 0 spiro atoms. The van der Waals surface area contributed by atoms with Gasteiger partial charge in [0.15, 0.2) is 0 Å². The first kappa shape index (κ1) is 66.2. The van der Waals surface area contributed by atoms with Crippen LogP contribution in [0.1, 0.15) is 0 Å². The summed E-state index contributed by atoms with van der Waals surface area (Å²) < 4.78 is 0. The Morgan fingerprint density at radius 2 is 0.833 bits per heavy atom. The second-order valence-corrected chi connectivity index (χ2v) is 0. The molecule has 0 aliphatic heterocycles. The zero-order valence-electron chi connectivity index (χ0n) is 2.66. The molecule has 0 saturated carbocycles. The van der Waals surface area contributed by atoms with Crippen molar-refractivity contribution in [3.63, 3.8) is 0 Å². The van der Waals surface area contributed by atoms with E-state index in [4.69, 9.17) is 0 Å². The molecular weight excluding hydrogens is 274 g/mol. The summed E-state index contributed by atoms with van der Waals surface area (Å²) in [5.41, 5.74) is 0. The van der Waals surface area contributed by atoms with Gasteiger partial charge in [-0.2, -0.15) is 0 Å². The average Bonchev–Trinajstić information content (AvgIpc) is 0. The third kappa shape index (κ3) is 28.6. The van der Waals surface area contributed by atoms with Crippen LogP contribution in [0.3, 0.4) is 0 Å². The summed E-state index contributed by atoms with van der Waals surface area (Å²) in [6, 6.07) is 0. The first-order valence-electron chi connectivity index (χ1n) is 0. The van der Waals surface area contributed by atoms with Gasteiger partial charge in [-0.15, -0.1) is 0 Å². The molecule has 2 N–H and O–H groups in total. The zero-order chi connectivity index (χ0) is 0. The molecule has 0 amide bonds. The summed E-state index contributed by atoms with van der Waals surface area (Å²) in [7, 11) is 0. The Bertz CT molecular complexity index is 13.5. The summed E-state index contributed by atoms with van der Waals surface area (Å²) >= 11 is 0. The first-order valence-corrected chi connectivity index (χ1v) is 0.